The van der Waals surface area contributed by atoms with Crippen LogP contribution in [-0.4, -0.2) is 37.0 Å². The third-order valence-corrected chi connectivity index (χ3v) is 6.29. The molecule has 0 unspecified atom stereocenters. The smallest absolute Gasteiger partial charge is 0.307 e. The van der Waals surface area contributed by atoms with Gasteiger partial charge < -0.3 is 25.1 Å². The van der Waals surface area contributed by atoms with Crippen LogP contribution in [0.15, 0.2) is 83.3 Å². The summed E-state index contributed by atoms with van der Waals surface area (Å²) in [5, 5.41) is 10.1. The average Bonchev–Trinajstić information content (AvgIpc) is 3.38. The van der Waals surface area contributed by atoms with Crippen LogP contribution in [0.1, 0.15) is 44.0 Å². The SMILES string of the molecule is CCOC(=O)CCNC(=O)c1ccc(N[C@@H](CC(C)C)C(=O)Nc2ccc(-c3cc4ccccc4o3)cc2)cc1. The maximum absolute atomic E-state index is 13.2. The number of furan rings is 1. The van der Waals surface area contributed by atoms with Gasteiger partial charge in [0.15, 0.2) is 0 Å². The number of amides is 2. The predicted octanol–water partition coefficient (Wildman–Crippen LogP) is 6.25. The fourth-order valence-corrected chi connectivity index (χ4v) is 4.31. The molecule has 0 spiro atoms. The predicted molar refractivity (Wildman–Crippen MR) is 157 cm³/mol. The number of hydrogen-bond donors (Lipinski definition) is 3. The lowest BCUT2D eigenvalue weighted by molar-refractivity contribution is -0.142. The molecule has 0 aliphatic rings. The molecule has 4 aromatic rings. The number of carbonyl (C=O) groups is 3. The average molecular weight is 542 g/mol. The Morgan fingerprint density at radius 2 is 1.60 bits per heavy atom. The number of ether oxygens (including phenoxy) is 1. The highest BCUT2D eigenvalue weighted by atomic mass is 16.5. The van der Waals surface area contributed by atoms with Gasteiger partial charge in [-0.1, -0.05) is 32.0 Å². The molecule has 0 aliphatic carbocycles. The van der Waals surface area contributed by atoms with Crippen molar-refractivity contribution in [3.05, 3.63) is 84.4 Å². The second kappa shape index (κ2) is 13.5. The number of hydrogen-bond acceptors (Lipinski definition) is 6. The molecule has 4 rings (SSSR count). The van der Waals surface area contributed by atoms with Crippen LogP contribution >= 0.6 is 0 Å². The summed E-state index contributed by atoms with van der Waals surface area (Å²) in [7, 11) is 0. The van der Waals surface area contributed by atoms with E-state index in [1.54, 1.807) is 31.2 Å². The van der Waals surface area contributed by atoms with Crippen molar-refractivity contribution < 1.29 is 23.5 Å². The Morgan fingerprint density at radius 1 is 0.900 bits per heavy atom. The molecule has 8 nitrogen and oxygen atoms in total. The van der Waals surface area contributed by atoms with E-state index in [-0.39, 0.29) is 36.7 Å². The van der Waals surface area contributed by atoms with E-state index in [0.29, 0.717) is 24.3 Å². The second-order valence-electron chi connectivity index (χ2n) is 9.93. The number of anilines is 2. The van der Waals surface area contributed by atoms with Crippen molar-refractivity contribution in [2.45, 2.75) is 39.7 Å². The summed E-state index contributed by atoms with van der Waals surface area (Å²) >= 11 is 0. The minimum atomic E-state index is -0.473. The van der Waals surface area contributed by atoms with Crippen LogP contribution in [0.3, 0.4) is 0 Å². The third-order valence-electron chi connectivity index (χ3n) is 6.29. The summed E-state index contributed by atoms with van der Waals surface area (Å²) in [4.78, 5) is 37.0. The molecular formula is C32H35N3O5. The normalized spacial score (nSPS) is 11.7. The van der Waals surface area contributed by atoms with Gasteiger partial charge in [0, 0.05) is 34.4 Å². The molecule has 0 aliphatic heterocycles. The molecular weight excluding hydrogens is 506 g/mol. The quantitative estimate of drug-likeness (QED) is 0.183. The van der Waals surface area contributed by atoms with Crippen LogP contribution in [-0.2, 0) is 14.3 Å². The van der Waals surface area contributed by atoms with Crippen molar-refractivity contribution in [3.63, 3.8) is 0 Å². The lowest BCUT2D eigenvalue weighted by atomic mass is 10.0. The molecule has 208 valence electrons. The van der Waals surface area contributed by atoms with Gasteiger partial charge in [0.25, 0.3) is 5.91 Å². The van der Waals surface area contributed by atoms with E-state index in [1.165, 1.54) is 0 Å². The van der Waals surface area contributed by atoms with E-state index in [2.05, 4.69) is 29.8 Å². The van der Waals surface area contributed by atoms with Gasteiger partial charge in [0.2, 0.25) is 5.91 Å². The van der Waals surface area contributed by atoms with Crippen LogP contribution in [0, 0.1) is 5.92 Å². The van der Waals surface area contributed by atoms with E-state index < -0.39 is 6.04 Å². The van der Waals surface area contributed by atoms with E-state index in [4.69, 9.17) is 9.15 Å². The van der Waals surface area contributed by atoms with Crippen LogP contribution in [0.4, 0.5) is 11.4 Å². The Bertz CT molecular complexity index is 1410. The molecule has 1 atom stereocenters. The number of carbonyl (C=O) groups excluding carboxylic acids is 3. The molecule has 1 aromatic heterocycles. The second-order valence-corrected chi connectivity index (χ2v) is 9.93. The number of para-hydroxylation sites is 1. The summed E-state index contributed by atoms with van der Waals surface area (Å²) in [5.74, 6) is 0.279. The van der Waals surface area contributed by atoms with Crippen molar-refractivity contribution in [3.8, 4) is 11.3 Å². The Morgan fingerprint density at radius 3 is 2.27 bits per heavy atom. The third kappa shape index (κ3) is 7.72. The Balaban J connectivity index is 1.35. The molecule has 2 amide bonds. The van der Waals surface area contributed by atoms with Gasteiger partial charge in [0.05, 0.1) is 13.0 Å². The lowest BCUT2D eigenvalue weighted by Gasteiger charge is -2.21. The Labute approximate surface area is 234 Å². The Hall–Kier alpha value is -4.59. The van der Waals surface area contributed by atoms with Crippen LogP contribution in [0.2, 0.25) is 0 Å². The number of esters is 1. The summed E-state index contributed by atoms with van der Waals surface area (Å²) in [6.45, 7) is 6.38. The molecule has 0 saturated carbocycles. The zero-order valence-electron chi connectivity index (χ0n) is 23.0. The van der Waals surface area contributed by atoms with Gasteiger partial charge in [-0.2, -0.15) is 0 Å². The summed E-state index contributed by atoms with van der Waals surface area (Å²) < 4.78 is 10.8. The first-order valence-electron chi connectivity index (χ1n) is 13.5. The number of nitrogens with one attached hydrogen (secondary N) is 3. The van der Waals surface area contributed by atoms with Gasteiger partial charge in [0.1, 0.15) is 17.4 Å². The zero-order valence-corrected chi connectivity index (χ0v) is 23.0. The van der Waals surface area contributed by atoms with Gasteiger partial charge in [-0.25, -0.2) is 0 Å². The first-order valence-corrected chi connectivity index (χ1v) is 13.5. The topological polar surface area (TPSA) is 110 Å². The van der Waals surface area contributed by atoms with E-state index in [9.17, 15) is 14.4 Å². The monoisotopic (exact) mass is 541 g/mol. The summed E-state index contributed by atoms with van der Waals surface area (Å²) in [5.41, 5.74) is 3.64. The number of fused-ring (bicyclic) bond motifs is 1. The fraction of sp³-hybridized carbons (Fsp3) is 0.281. The highest BCUT2D eigenvalue weighted by Crippen LogP contribution is 2.28. The highest BCUT2D eigenvalue weighted by molar-refractivity contribution is 5.97. The maximum atomic E-state index is 13.2. The fourth-order valence-electron chi connectivity index (χ4n) is 4.31. The van der Waals surface area contributed by atoms with Crippen molar-refractivity contribution in [1.29, 1.82) is 0 Å². The summed E-state index contributed by atoms with van der Waals surface area (Å²) in [6, 6.07) is 23.9. The first-order chi connectivity index (χ1) is 19.3. The molecule has 0 radical (unpaired) electrons. The molecule has 40 heavy (non-hydrogen) atoms. The molecule has 3 aromatic carbocycles. The molecule has 8 heteroatoms. The first kappa shape index (κ1) is 28.4. The van der Waals surface area contributed by atoms with E-state index >= 15 is 0 Å². The van der Waals surface area contributed by atoms with Gasteiger partial charge >= 0.3 is 5.97 Å². The van der Waals surface area contributed by atoms with Crippen molar-refractivity contribution >= 4 is 40.1 Å². The highest BCUT2D eigenvalue weighted by Gasteiger charge is 2.20. The maximum Gasteiger partial charge on any atom is 0.307 e. The van der Waals surface area contributed by atoms with E-state index in [0.717, 1.165) is 28.0 Å². The number of benzene rings is 3. The van der Waals surface area contributed by atoms with Crippen molar-refractivity contribution in [1.82, 2.24) is 5.32 Å². The lowest BCUT2D eigenvalue weighted by Crippen LogP contribution is -2.35. The zero-order chi connectivity index (χ0) is 28.5. The minimum absolute atomic E-state index is 0.119. The van der Waals surface area contributed by atoms with Crippen LogP contribution < -0.4 is 16.0 Å². The standard InChI is InChI=1S/C32H35N3O5/c1-4-39-30(36)17-18-33-31(37)23-11-15-25(16-12-23)34-27(19-21(2)3)32(38)35-26-13-9-22(10-14-26)29-20-24-7-5-6-8-28(24)40-29/h5-16,20-21,27,34H,4,17-19H2,1-3H3,(H,33,37)(H,35,38)/t27-/m0/s1. The van der Waals surface area contributed by atoms with Gasteiger partial charge in [-0.3, -0.25) is 14.4 Å². The van der Waals surface area contributed by atoms with Crippen molar-refractivity contribution in [2.75, 3.05) is 23.8 Å². The number of rotatable bonds is 12. The van der Waals surface area contributed by atoms with Crippen LogP contribution in [0.25, 0.3) is 22.3 Å². The largest absolute Gasteiger partial charge is 0.466 e. The van der Waals surface area contributed by atoms with Gasteiger partial charge in [-0.15, -0.1) is 0 Å². The van der Waals surface area contributed by atoms with Crippen molar-refractivity contribution in [2.24, 2.45) is 5.92 Å². The van der Waals surface area contributed by atoms with E-state index in [1.807, 2.05) is 54.6 Å². The summed E-state index contributed by atoms with van der Waals surface area (Å²) in [6.07, 6.45) is 0.743. The minimum Gasteiger partial charge on any atom is -0.466 e. The molecule has 1 heterocycles. The molecule has 0 bridgehead atoms. The molecule has 3 N–H and O–H groups in total. The molecule has 0 fully saturated rings. The molecule has 0 saturated heterocycles. The van der Waals surface area contributed by atoms with Crippen LogP contribution in [0.5, 0.6) is 0 Å². The van der Waals surface area contributed by atoms with Gasteiger partial charge in [-0.05, 0) is 79.9 Å². The Kier molecular flexibility index (Phi) is 9.57.